The molecule has 41 heavy (non-hydrogen) atoms. The van der Waals surface area contributed by atoms with E-state index in [-0.39, 0.29) is 28.0 Å². The summed E-state index contributed by atoms with van der Waals surface area (Å²) in [7, 11) is 1.80. The van der Waals surface area contributed by atoms with E-state index < -0.39 is 11.0 Å². The Hall–Kier alpha value is -4.28. The summed E-state index contributed by atoms with van der Waals surface area (Å²) in [5, 5.41) is 13.1. The highest BCUT2D eigenvalue weighted by Crippen LogP contribution is 2.55. The van der Waals surface area contributed by atoms with Gasteiger partial charge in [-0.2, -0.15) is 0 Å². The lowest BCUT2D eigenvalue weighted by atomic mass is 9.64. The number of hydrogen-bond donors (Lipinski definition) is 0. The summed E-state index contributed by atoms with van der Waals surface area (Å²) < 4.78 is 5.45. The molecule has 3 fully saturated rings. The minimum absolute atomic E-state index is 0.0532. The molecule has 2 saturated heterocycles. The van der Waals surface area contributed by atoms with Crippen LogP contribution in [0.5, 0.6) is 0 Å². The summed E-state index contributed by atoms with van der Waals surface area (Å²) in [4.78, 5) is 51.7. The zero-order valence-corrected chi connectivity index (χ0v) is 23.6. The van der Waals surface area contributed by atoms with Crippen LogP contribution in [0.15, 0.2) is 36.7 Å². The number of amides is 2. The van der Waals surface area contributed by atoms with Gasteiger partial charge >= 0.3 is 11.8 Å². The van der Waals surface area contributed by atoms with Crippen molar-refractivity contribution in [2.24, 2.45) is 5.41 Å². The maximum atomic E-state index is 13.2. The highest BCUT2D eigenvalue weighted by molar-refractivity contribution is 6.13. The van der Waals surface area contributed by atoms with E-state index in [9.17, 15) is 19.7 Å². The fraction of sp³-hybridized carbons (Fsp3) is 0.467. The number of aromatic nitrogens is 2. The van der Waals surface area contributed by atoms with Gasteiger partial charge in [-0.1, -0.05) is 12.5 Å². The molecule has 2 spiro atoms. The third-order valence-electron chi connectivity index (χ3n) is 9.04. The molecule has 0 unspecified atom stereocenters. The SMILES string of the molecule is CN1C(=O)C2(CCC2)c2c1cnc1ccc(-c3cnc(N4CC5(CN(C(=O)OC(C)(C)C)C5)C4)c([N+](=O)[O-])c3)cc21. The predicted molar refractivity (Wildman–Crippen MR) is 153 cm³/mol. The van der Waals surface area contributed by atoms with Gasteiger partial charge in [0.2, 0.25) is 11.7 Å². The Kier molecular flexibility index (Phi) is 5.24. The second-order valence-corrected chi connectivity index (χ2v) is 13.1. The van der Waals surface area contributed by atoms with E-state index in [1.807, 2.05) is 43.9 Å². The molecule has 7 rings (SSSR count). The van der Waals surface area contributed by atoms with Gasteiger partial charge in [0, 0.05) is 67.4 Å². The molecule has 3 aliphatic heterocycles. The van der Waals surface area contributed by atoms with Gasteiger partial charge in [-0.05, 0) is 51.3 Å². The van der Waals surface area contributed by atoms with Gasteiger partial charge < -0.3 is 19.4 Å². The second kappa shape index (κ2) is 8.37. The zero-order chi connectivity index (χ0) is 28.9. The number of hydrogen-bond acceptors (Lipinski definition) is 8. The van der Waals surface area contributed by atoms with Gasteiger partial charge in [-0.15, -0.1) is 0 Å². The van der Waals surface area contributed by atoms with Gasteiger partial charge in [0.1, 0.15) is 5.60 Å². The second-order valence-electron chi connectivity index (χ2n) is 13.1. The number of likely N-dealkylation sites (tertiary alicyclic amines) is 1. The van der Waals surface area contributed by atoms with Crippen molar-refractivity contribution >= 4 is 40.1 Å². The van der Waals surface area contributed by atoms with Crippen LogP contribution in [0.3, 0.4) is 0 Å². The minimum atomic E-state index is -0.550. The summed E-state index contributed by atoms with van der Waals surface area (Å²) in [5.41, 5.74) is 2.90. The number of carbonyl (C=O) groups is 2. The summed E-state index contributed by atoms with van der Waals surface area (Å²) in [6, 6.07) is 7.38. The first-order valence-electron chi connectivity index (χ1n) is 14.0. The maximum absolute atomic E-state index is 13.2. The molecule has 212 valence electrons. The van der Waals surface area contributed by atoms with Crippen LogP contribution in [0, 0.1) is 15.5 Å². The van der Waals surface area contributed by atoms with E-state index >= 15 is 0 Å². The van der Waals surface area contributed by atoms with E-state index in [0.717, 1.165) is 47.0 Å². The largest absolute Gasteiger partial charge is 0.444 e. The topological polar surface area (TPSA) is 122 Å². The van der Waals surface area contributed by atoms with E-state index in [1.54, 1.807) is 35.3 Å². The molecule has 0 bridgehead atoms. The molecule has 4 aliphatic rings. The van der Waals surface area contributed by atoms with Crippen molar-refractivity contribution in [3.8, 4) is 11.1 Å². The number of nitro groups is 1. The number of likely N-dealkylation sites (N-methyl/N-ethyl adjacent to an activating group) is 1. The van der Waals surface area contributed by atoms with Crippen LogP contribution in [-0.2, 0) is 14.9 Å². The third kappa shape index (κ3) is 3.78. The van der Waals surface area contributed by atoms with Crippen molar-refractivity contribution in [3.63, 3.8) is 0 Å². The standard InChI is InChI=1S/C30H32N6O5/c1-28(2,3)41-27(38)35-16-29(17-35)14-34(15-29)25-22(36(39)40)11-19(12-32-25)18-6-7-21-20(10-18)24-23(13-31-21)33(4)26(37)30(24)8-5-9-30/h6-7,10-13H,5,8-9,14-17H2,1-4H3. The van der Waals surface area contributed by atoms with Gasteiger partial charge in [0.25, 0.3) is 0 Å². The highest BCUT2D eigenvalue weighted by atomic mass is 16.6. The lowest BCUT2D eigenvalue weighted by Crippen LogP contribution is -2.73. The molecule has 0 N–H and O–H groups in total. The Balaban J connectivity index is 1.15. The maximum Gasteiger partial charge on any atom is 0.410 e. The summed E-state index contributed by atoms with van der Waals surface area (Å²) in [5.74, 6) is 0.456. The first-order chi connectivity index (χ1) is 19.4. The average Bonchev–Trinajstić information content (AvgIpc) is 3.08. The number of pyridine rings is 2. The Morgan fingerprint density at radius 3 is 2.41 bits per heavy atom. The normalized spacial score (nSPS) is 20.1. The van der Waals surface area contributed by atoms with Gasteiger partial charge in [-0.25, -0.2) is 9.78 Å². The number of fused-ring (bicyclic) bond motifs is 4. The van der Waals surface area contributed by atoms with E-state index in [1.165, 1.54) is 0 Å². The van der Waals surface area contributed by atoms with Crippen LogP contribution in [0.4, 0.5) is 22.0 Å². The lowest BCUT2D eigenvalue weighted by molar-refractivity contribution is -0.384. The fourth-order valence-electron chi connectivity index (χ4n) is 6.96. The smallest absolute Gasteiger partial charge is 0.410 e. The zero-order valence-electron chi connectivity index (χ0n) is 23.6. The molecule has 1 aromatic carbocycles. The van der Waals surface area contributed by atoms with Crippen molar-refractivity contribution in [3.05, 3.63) is 52.3 Å². The Morgan fingerprint density at radius 2 is 1.78 bits per heavy atom. The number of rotatable bonds is 3. The molecular formula is C30H32N6O5. The molecular weight excluding hydrogens is 524 g/mol. The molecule has 2 aromatic heterocycles. The lowest BCUT2D eigenvalue weighted by Gasteiger charge is -2.59. The molecule has 5 heterocycles. The van der Waals surface area contributed by atoms with Gasteiger partial charge in [-0.3, -0.25) is 19.9 Å². The van der Waals surface area contributed by atoms with E-state index in [0.29, 0.717) is 37.6 Å². The van der Waals surface area contributed by atoms with Crippen molar-refractivity contribution < 1.29 is 19.2 Å². The quantitative estimate of drug-likeness (QED) is 0.337. The molecule has 0 radical (unpaired) electrons. The Bertz CT molecular complexity index is 1650. The minimum Gasteiger partial charge on any atom is -0.444 e. The fourth-order valence-corrected chi connectivity index (χ4v) is 6.96. The van der Waals surface area contributed by atoms with Gasteiger partial charge in [0.05, 0.1) is 27.7 Å². The molecule has 2 amide bonds. The van der Waals surface area contributed by atoms with Crippen LogP contribution >= 0.6 is 0 Å². The first-order valence-corrected chi connectivity index (χ1v) is 14.0. The van der Waals surface area contributed by atoms with Crippen molar-refractivity contribution in [1.82, 2.24) is 14.9 Å². The third-order valence-corrected chi connectivity index (χ3v) is 9.04. The summed E-state index contributed by atoms with van der Waals surface area (Å²) in [6.45, 7) is 7.84. The number of carbonyl (C=O) groups excluding carboxylic acids is 2. The van der Waals surface area contributed by atoms with Crippen molar-refractivity contribution in [2.45, 2.75) is 51.0 Å². The number of anilines is 2. The van der Waals surface area contributed by atoms with E-state index in [2.05, 4.69) is 9.97 Å². The molecule has 1 aliphatic carbocycles. The van der Waals surface area contributed by atoms with Crippen LogP contribution in [0.1, 0.15) is 45.6 Å². The molecule has 1 saturated carbocycles. The predicted octanol–water partition coefficient (Wildman–Crippen LogP) is 4.66. The van der Waals surface area contributed by atoms with Crippen LogP contribution < -0.4 is 9.80 Å². The van der Waals surface area contributed by atoms with Crippen LogP contribution in [-0.4, -0.2) is 70.6 Å². The monoisotopic (exact) mass is 556 g/mol. The Morgan fingerprint density at radius 1 is 1.05 bits per heavy atom. The molecule has 3 aromatic rings. The summed E-state index contributed by atoms with van der Waals surface area (Å²) in [6.07, 6.45) is 5.78. The van der Waals surface area contributed by atoms with Gasteiger partial charge in [0.15, 0.2) is 0 Å². The Labute approximate surface area is 237 Å². The molecule has 11 heteroatoms. The average molecular weight is 557 g/mol. The summed E-state index contributed by atoms with van der Waals surface area (Å²) >= 11 is 0. The number of nitrogens with zero attached hydrogens (tertiary/aromatic N) is 6. The van der Waals surface area contributed by atoms with E-state index in [4.69, 9.17) is 4.74 Å². The highest BCUT2D eigenvalue weighted by Gasteiger charge is 2.56. The van der Waals surface area contributed by atoms with Crippen molar-refractivity contribution in [1.29, 1.82) is 0 Å². The molecule has 0 atom stereocenters. The van der Waals surface area contributed by atoms with Crippen LogP contribution in [0.2, 0.25) is 0 Å². The molecule has 11 nitrogen and oxygen atoms in total. The number of benzene rings is 1. The van der Waals surface area contributed by atoms with Crippen LogP contribution in [0.25, 0.3) is 22.0 Å². The number of ether oxygens (including phenoxy) is 1. The van der Waals surface area contributed by atoms with Crippen molar-refractivity contribution in [2.75, 3.05) is 43.0 Å². The first kappa shape index (κ1) is 25.7.